The Hall–Kier alpha value is -2.65. The predicted molar refractivity (Wildman–Crippen MR) is 120 cm³/mol. The monoisotopic (exact) mass is 470 g/mol. The number of likely N-dealkylation sites (N-methyl/N-ethyl adjacent to an activating group) is 1. The molecule has 0 aliphatic carbocycles. The van der Waals surface area contributed by atoms with Crippen LogP contribution in [0.4, 0.5) is 0 Å². The lowest BCUT2D eigenvalue weighted by Gasteiger charge is -2.42. The van der Waals surface area contributed by atoms with E-state index in [0.29, 0.717) is 18.7 Å². The first-order valence-electron chi connectivity index (χ1n) is 11.5. The van der Waals surface area contributed by atoms with E-state index in [0.717, 1.165) is 0 Å². The summed E-state index contributed by atoms with van der Waals surface area (Å²) < 4.78 is 21.0. The van der Waals surface area contributed by atoms with Crippen LogP contribution in [0.5, 0.6) is 0 Å². The quantitative estimate of drug-likeness (QED) is 0.240. The van der Waals surface area contributed by atoms with Crippen LogP contribution in [0.2, 0.25) is 0 Å². The van der Waals surface area contributed by atoms with Gasteiger partial charge in [0.25, 0.3) is 0 Å². The predicted octanol–water partition coefficient (Wildman–Crippen LogP) is 2.13. The molecule has 0 bridgehead atoms. The van der Waals surface area contributed by atoms with E-state index in [9.17, 15) is 19.2 Å². The van der Waals surface area contributed by atoms with Crippen LogP contribution in [0.3, 0.4) is 0 Å². The number of rotatable bonds is 12. The van der Waals surface area contributed by atoms with E-state index in [-0.39, 0.29) is 26.4 Å². The number of carbonyl (C=O) groups is 4. The molecule has 188 valence electrons. The van der Waals surface area contributed by atoms with Gasteiger partial charge in [0, 0.05) is 13.5 Å². The van der Waals surface area contributed by atoms with Crippen molar-refractivity contribution in [2.24, 2.45) is 15.8 Å². The van der Waals surface area contributed by atoms with Gasteiger partial charge in [-0.05, 0) is 48.0 Å². The molecule has 0 aromatic carbocycles. The fraction of sp³-hybridized carbons (Fsp3) is 0.783. The van der Waals surface area contributed by atoms with Gasteiger partial charge in [-0.25, -0.2) is 0 Å². The molecule has 0 saturated heterocycles. The van der Waals surface area contributed by atoms with E-state index in [1.165, 1.54) is 13.8 Å². The van der Waals surface area contributed by atoms with Gasteiger partial charge in [0.15, 0.2) is 10.8 Å². The average Bonchev–Trinajstić information content (AvgIpc) is 3.10. The van der Waals surface area contributed by atoms with Crippen molar-refractivity contribution in [1.82, 2.24) is 4.90 Å². The van der Waals surface area contributed by atoms with Gasteiger partial charge < -0.3 is 23.8 Å². The van der Waals surface area contributed by atoms with Gasteiger partial charge >= 0.3 is 23.9 Å². The molecule has 1 aliphatic rings. The molecule has 33 heavy (non-hydrogen) atoms. The summed E-state index contributed by atoms with van der Waals surface area (Å²) in [7, 11) is 1.67. The van der Waals surface area contributed by atoms with Gasteiger partial charge in [0.05, 0.1) is 38.3 Å². The van der Waals surface area contributed by atoms with E-state index < -0.39 is 46.8 Å². The molecule has 2 atom stereocenters. The van der Waals surface area contributed by atoms with Crippen molar-refractivity contribution in [3.8, 4) is 0 Å². The van der Waals surface area contributed by atoms with Crippen LogP contribution in [-0.2, 0) is 38.1 Å². The van der Waals surface area contributed by atoms with Crippen LogP contribution in [0.25, 0.3) is 0 Å². The SMILES string of the molecule is CCCC1=N[C@H](C(C)(C(=O)OCC)C(=O)OCC)[C@@H](C(C)(C(=O)OCC)C(=O)OCC)N1C. The third-order valence-corrected chi connectivity index (χ3v) is 5.87. The molecule has 0 spiro atoms. The number of hydrogen-bond acceptors (Lipinski definition) is 10. The Morgan fingerprint density at radius 2 is 1.12 bits per heavy atom. The Bertz CT molecular complexity index is 728. The largest absolute Gasteiger partial charge is 0.465 e. The van der Waals surface area contributed by atoms with E-state index in [4.69, 9.17) is 23.9 Å². The Balaban J connectivity index is 3.83. The highest BCUT2D eigenvalue weighted by Crippen LogP contribution is 2.44. The van der Waals surface area contributed by atoms with Gasteiger partial charge in [-0.3, -0.25) is 24.2 Å². The van der Waals surface area contributed by atoms with Crippen molar-refractivity contribution in [2.75, 3.05) is 33.5 Å². The van der Waals surface area contributed by atoms with Crippen LogP contribution in [0.15, 0.2) is 4.99 Å². The number of amidine groups is 1. The molecule has 1 aliphatic heterocycles. The maximum absolute atomic E-state index is 13.2. The summed E-state index contributed by atoms with van der Waals surface area (Å²) in [6.07, 6.45) is 1.22. The lowest BCUT2D eigenvalue weighted by atomic mass is 9.69. The van der Waals surface area contributed by atoms with Gasteiger partial charge in [-0.2, -0.15) is 0 Å². The van der Waals surface area contributed by atoms with Crippen molar-refractivity contribution in [3.63, 3.8) is 0 Å². The van der Waals surface area contributed by atoms with Crippen LogP contribution >= 0.6 is 0 Å². The molecule has 0 unspecified atom stereocenters. The number of aliphatic imine (C=N–C) groups is 1. The number of carbonyl (C=O) groups excluding carboxylic acids is 4. The van der Waals surface area contributed by atoms with Gasteiger partial charge in [-0.15, -0.1) is 0 Å². The summed E-state index contributed by atoms with van der Waals surface area (Å²) in [5.74, 6) is -2.79. The number of hydrogen-bond donors (Lipinski definition) is 0. The second-order valence-corrected chi connectivity index (χ2v) is 8.08. The Morgan fingerprint density at radius 3 is 1.45 bits per heavy atom. The maximum Gasteiger partial charge on any atom is 0.325 e. The minimum atomic E-state index is -1.92. The molecule has 10 nitrogen and oxygen atoms in total. The summed E-state index contributed by atoms with van der Waals surface area (Å²) in [5, 5.41) is 0. The second-order valence-electron chi connectivity index (χ2n) is 8.08. The minimum absolute atomic E-state index is 0.0274. The smallest absolute Gasteiger partial charge is 0.325 e. The van der Waals surface area contributed by atoms with E-state index >= 15 is 0 Å². The lowest BCUT2D eigenvalue weighted by molar-refractivity contribution is -0.183. The normalized spacial score (nSPS) is 18.4. The first-order valence-corrected chi connectivity index (χ1v) is 11.5. The van der Waals surface area contributed by atoms with Crippen molar-refractivity contribution in [1.29, 1.82) is 0 Å². The molecule has 0 saturated carbocycles. The lowest BCUT2D eigenvalue weighted by Crippen LogP contribution is -2.63. The molecule has 1 heterocycles. The molecule has 0 N–H and O–H groups in total. The van der Waals surface area contributed by atoms with Crippen molar-refractivity contribution >= 4 is 29.7 Å². The molecule has 0 fully saturated rings. The van der Waals surface area contributed by atoms with E-state index in [2.05, 4.69) is 0 Å². The zero-order chi connectivity index (χ0) is 25.4. The van der Waals surface area contributed by atoms with Crippen molar-refractivity contribution in [2.45, 2.75) is 73.4 Å². The Labute approximate surface area is 196 Å². The topological polar surface area (TPSA) is 121 Å². The molecular formula is C23H38N2O8. The molecule has 10 heteroatoms. The summed E-state index contributed by atoms with van der Waals surface area (Å²) in [4.78, 5) is 59.1. The average molecular weight is 471 g/mol. The summed E-state index contributed by atoms with van der Waals surface area (Å²) in [5.41, 5.74) is -3.80. The van der Waals surface area contributed by atoms with Gasteiger partial charge in [-0.1, -0.05) is 6.92 Å². The molecule has 1 rings (SSSR count). The zero-order valence-electron chi connectivity index (χ0n) is 21.1. The van der Waals surface area contributed by atoms with Crippen LogP contribution < -0.4 is 0 Å². The van der Waals surface area contributed by atoms with Crippen LogP contribution in [0.1, 0.15) is 61.3 Å². The highest BCUT2D eigenvalue weighted by molar-refractivity contribution is 6.05. The first-order chi connectivity index (χ1) is 15.5. The van der Waals surface area contributed by atoms with E-state index in [1.54, 1.807) is 39.6 Å². The van der Waals surface area contributed by atoms with Gasteiger partial charge in [0.1, 0.15) is 6.04 Å². The highest BCUT2D eigenvalue weighted by atomic mass is 16.6. The Kier molecular flexibility index (Phi) is 10.3. The minimum Gasteiger partial charge on any atom is -0.465 e. The second kappa shape index (κ2) is 12.0. The summed E-state index contributed by atoms with van der Waals surface area (Å²) in [6, 6.07) is -2.23. The fourth-order valence-corrected chi connectivity index (χ4v) is 4.08. The number of ether oxygens (including phenoxy) is 4. The first kappa shape index (κ1) is 28.4. The van der Waals surface area contributed by atoms with E-state index in [1.807, 2.05) is 6.92 Å². The highest BCUT2D eigenvalue weighted by Gasteiger charge is 2.65. The third kappa shape index (κ3) is 5.30. The zero-order valence-corrected chi connectivity index (χ0v) is 21.1. The van der Waals surface area contributed by atoms with Crippen molar-refractivity contribution < 1.29 is 38.1 Å². The van der Waals surface area contributed by atoms with Crippen LogP contribution in [-0.4, -0.2) is 80.2 Å². The summed E-state index contributed by atoms with van der Waals surface area (Å²) >= 11 is 0. The maximum atomic E-state index is 13.2. The Morgan fingerprint density at radius 1 is 0.758 bits per heavy atom. The molecule has 0 amide bonds. The standard InChI is InChI=1S/C23H38N2O8/c1-9-14-15-24-16(22(6,18(26)30-10-2)19(27)31-11-3)17(25(15)8)23(7,20(28)32-12-4)21(29)33-13-5/h16-17H,9-14H2,1-8H3/t16-,17-/m0/s1. The number of nitrogens with zero attached hydrogens (tertiary/aromatic N) is 2. The van der Waals surface area contributed by atoms with Gasteiger partial charge in [0.2, 0.25) is 0 Å². The fourth-order valence-electron chi connectivity index (χ4n) is 4.08. The number of esters is 4. The molecular weight excluding hydrogens is 432 g/mol. The third-order valence-electron chi connectivity index (χ3n) is 5.87. The molecule has 0 aromatic rings. The molecule has 0 radical (unpaired) electrons. The summed E-state index contributed by atoms with van der Waals surface area (Å²) in [6.45, 7) is 11.3. The molecule has 0 aromatic heterocycles. The van der Waals surface area contributed by atoms with Crippen molar-refractivity contribution in [3.05, 3.63) is 0 Å². The van der Waals surface area contributed by atoms with Crippen LogP contribution in [0, 0.1) is 10.8 Å².